The second-order valence-corrected chi connectivity index (χ2v) is 15.1. The van der Waals surface area contributed by atoms with Gasteiger partial charge in [-0.05, 0) is 148 Å². The molecule has 59 heavy (non-hydrogen) atoms. The first-order chi connectivity index (χ1) is 27.1. The number of nitrogens with zero attached hydrogens (tertiary/aromatic N) is 2. The number of halogens is 1. The minimum absolute atomic E-state index is 0. The molecule has 2 aliphatic heterocycles. The van der Waals surface area contributed by atoms with Crippen molar-refractivity contribution in [2.24, 2.45) is 0 Å². The van der Waals surface area contributed by atoms with Crippen molar-refractivity contribution in [2.75, 3.05) is 38.2 Å². The molecule has 312 valence electrons. The summed E-state index contributed by atoms with van der Waals surface area (Å²) >= 11 is 0. The number of methoxy groups -OCH3 is 4. The fourth-order valence-corrected chi connectivity index (χ4v) is 7.90. The standard InChI is InChI=1S/2C25H27NO2.CH3.ClH.Pd/c2*1-16-14-23(19-6-10-21(27-4)11-7-19)25(26-17(2)18(26)3)24(15-16)20-8-12-22(28-5)13-9-20;;;/h2*6-15,17-18H,1-5H3;1H3;1H;/q;;-1;;+2/p-1. The third-order valence-corrected chi connectivity index (χ3v) is 11.6. The van der Waals surface area contributed by atoms with Crippen molar-refractivity contribution in [1.82, 2.24) is 0 Å². The van der Waals surface area contributed by atoms with Gasteiger partial charge in [0, 0.05) is 46.4 Å². The number of ether oxygens (including phenoxy) is 4. The van der Waals surface area contributed by atoms with E-state index in [0.717, 1.165) is 23.0 Å². The zero-order valence-corrected chi connectivity index (χ0v) is 38.4. The molecule has 0 spiro atoms. The summed E-state index contributed by atoms with van der Waals surface area (Å²) in [6.07, 6.45) is 0. The fourth-order valence-electron chi connectivity index (χ4n) is 7.90. The van der Waals surface area contributed by atoms with Crippen LogP contribution in [0.5, 0.6) is 23.0 Å². The van der Waals surface area contributed by atoms with Crippen LogP contribution in [0, 0.1) is 21.3 Å². The van der Waals surface area contributed by atoms with Crippen molar-refractivity contribution in [3.63, 3.8) is 0 Å². The van der Waals surface area contributed by atoms with E-state index in [-0.39, 0.29) is 40.3 Å². The summed E-state index contributed by atoms with van der Waals surface area (Å²) in [5.41, 5.74) is 15.0. The molecule has 0 radical (unpaired) electrons. The van der Waals surface area contributed by atoms with E-state index in [4.69, 9.17) is 18.9 Å². The Bertz CT molecular complexity index is 1980. The van der Waals surface area contributed by atoms with Crippen LogP contribution in [0.25, 0.3) is 44.5 Å². The van der Waals surface area contributed by atoms with E-state index >= 15 is 0 Å². The van der Waals surface area contributed by atoms with E-state index in [1.165, 1.54) is 67.0 Å². The Morgan fingerprint density at radius 2 is 0.559 bits per heavy atom. The molecule has 8 rings (SSSR count). The number of rotatable bonds is 10. The SMILES string of the molecule is COc1ccc(-c2cc(C)cc(-c3ccc(OC)cc3)c2N2C(C)C2C)cc1.COc1ccc(-c2cc(C)cc(-c3ccc(OC)cc3)c2N2C(C)C2C)cc1.[CH3-].[Cl-].[Pd+2]. The number of anilines is 2. The van der Waals surface area contributed by atoms with Crippen LogP contribution in [-0.4, -0.2) is 52.6 Å². The molecule has 2 saturated heterocycles. The molecule has 0 bridgehead atoms. The van der Waals surface area contributed by atoms with E-state index in [2.05, 4.69) is 124 Å². The quantitative estimate of drug-likeness (QED) is 0.0777. The van der Waals surface area contributed by atoms with Gasteiger partial charge in [-0.3, -0.25) is 0 Å². The van der Waals surface area contributed by atoms with Crippen LogP contribution in [0.1, 0.15) is 38.8 Å². The van der Waals surface area contributed by atoms with Gasteiger partial charge >= 0.3 is 20.4 Å². The zero-order valence-electron chi connectivity index (χ0n) is 36.1. The molecule has 0 amide bonds. The van der Waals surface area contributed by atoms with Gasteiger partial charge in [-0.15, -0.1) is 0 Å². The van der Waals surface area contributed by atoms with Gasteiger partial charge in [0.1, 0.15) is 23.0 Å². The molecule has 6 aromatic carbocycles. The Morgan fingerprint density at radius 3 is 0.712 bits per heavy atom. The molecule has 4 unspecified atom stereocenters. The van der Waals surface area contributed by atoms with Gasteiger partial charge < -0.3 is 48.6 Å². The third kappa shape index (κ3) is 9.76. The maximum absolute atomic E-state index is 5.35. The molecular weight excluding hydrogens is 846 g/mol. The summed E-state index contributed by atoms with van der Waals surface area (Å²) in [4.78, 5) is 5.02. The zero-order chi connectivity index (χ0) is 39.7. The van der Waals surface area contributed by atoms with Crippen LogP contribution in [0.3, 0.4) is 0 Å². The van der Waals surface area contributed by atoms with Crippen LogP contribution in [0.4, 0.5) is 11.4 Å². The summed E-state index contributed by atoms with van der Waals surface area (Å²) in [6.45, 7) is 13.5. The van der Waals surface area contributed by atoms with Crippen molar-refractivity contribution in [3.8, 4) is 67.5 Å². The fraction of sp³-hybridized carbons (Fsp3) is 0.275. The van der Waals surface area contributed by atoms with Crippen LogP contribution >= 0.6 is 0 Å². The van der Waals surface area contributed by atoms with Crippen LogP contribution in [0.15, 0.2) is 121 Å². The average Bonchev–Trinajstić information content (AvgIpc) is 4.06. The van der Waals surface area contributed by atoms with E-state index in [1.807, 2.05) is 48.5 Å². The summed E-state index contributed by atoms with van der Waals surface area (Å²) in [5.74, 6) is 3.51. The Hall–Kier alpha value is -4.93. The average molecular weight is 904 g/mol. The second-order valence-electron chi connectivity index (χ2n) is 15.1. The number of hydrogen-bond acceptors (Lipinski definition) is 6. The van der Waals surface area contributed by atoms with Crippen molar-refractivity contribution in [1.29, 1.82) is 0 Å². The summed E-state index contributed by atoms with van der Waals surface area (Å²) < 4.78 is 21.4. The van der Waals surface area contributed by atoms with Gasteiger partial charge in [-0.1, -0.05) is 48.5 Å². The van der Waals surface area contributed by atoms with Gasteiger partial charge in [0.25, 0.3) is 0 Å². The molecule has 6 aromatic rings. The molecule has 0 saturated carbocycles. The monoisotopic (exact) mass is 902 g/mol. The van der Waals surface area contributed by atoms with Crippen LogP contribution in [0.2, 0.25) is 0 Å². The Labute approximate surface area is 372 Å². The summed E-state index contributed by atoms with van der Waals surface area (Å²) in [5, 5.41) is 0. The van der Waals surface area contributed by atoms with Crippen molar-refractivity contribution >= 4 is 11.4 Å². The number of benzene rings is 6. The van der Waals surface area contributed by atoms with E-state index in [9.17, 15) is 0 Å². The first-order valence-electron chi connectivity index (χ1n) is 19.5. The van der Waals surface area contributed by atoms with Crippen molar-refractivity contribution < 1.29 is 51.8 Å². The van der Waals surface area contributed by atoms with E-state index in [1.54, 1.807) is 28.4 Å². The Balaban J connectivity index is 0.000000248. The predicted octanol–water partition coefficient (Wildman–Crippen LogP) is 9.34. The summed E-state index contributed by atoms with van der Waals surface area (Å²) in [7, 11) is 6.81. The minimum atomic E-state index is 0. The molecule has 2 aliphatic rings. The predicted molar refractivity (Wildman–Crippen MR) is 240 cm³/mol. The second kappa shape index (κ2) is 19.9. The van der Waals surface area contributed by atoms with Crippen LogP contribution in [-0.2, 0) is 20.4 Å². The normalized spacial score (nSPS) is 17.2. The molecule has 6 nitrogen and oxygen atoms in total. The Kier molecular flexibility index (Phi) is 15.8. The maximum atomic E-state index is 5.35. The van der Waals surface area contributed by atoms with E-state index in [0.29, 0.717) is 24.2 Å². The van der Waals surface area contributed by atoms with Gasteiger partial charge in [0.05, 0.1) is 39.8 Å². The number of hydrogen-bond donors (Lipinski definition) is 0. The molecule has 2 heterocycles. The van der Waals surface area contributed by atoms with Gasteiger partial charge in [0.15, 0.2) is 0 Å². The Morgan fingerprint density at radius 1 is 0.373 bits per heavy atom. The van der Waals surface area contributed by atoms with Crippen molar-refractivity contribution in [3.05, 3.63) is 140 Å². The van der Waals surface area contributed by atoms with Crippen LogP contribution < -0.4 is 41.2 Å². The smallest absolute Gasteiger partial charge is 1.00 e. The van der Waals surface area contributed by atoms with Crippen molar-refractivity contribution in [2.45, 2.75) is 65.7 Å². The first kappa shape index (κ1) is 46.8. The molecule has 0 N–H and O–H groups in total. The molecule has 4 atom stereocenters. The largest absolute Gasteiger partial charge is 2.00 e. The van der Waals surface area contributed by atoms with Gasteiger partial charge in [0.2, 0.25) is 0 Å². The molecule has 0 aromatic heterocycles. The third-order valence-electron chi connectivity index (χ3n) is 11.6. The van der Waals surface area contributed by atoms with Gasteiger partial charge in [-0.2, -0.15) is 0 Å². The molecule has 2 fully saturated rings. The van der Waals surface area contributed by atoms with E-state index < -0.39 is 0 Å². The minimum Gasteiger partial charge on any atom is -1.00 e. The number of aryl methyl sites for hydroxylation is 2. The topological polar surface area (TPSA) is 42.9 Å². The summed E-state index contributed by atoms with van der Waals surface area (Å²) in [6, 6.07) is 44.8. The first-order valence-corrected chi connectivity index (χ1v) is 19.5. The molecular formula is C51H57ClN2O4Pd. The molecule has 8 heteroatoms. The molecule has 0 aliphatic carbocycles. The van der Waals surface area contributed by atoms with Gasteiger partial charge in [-0.25, -0.2) is 0 Å². The maximum Gasteiger partial charge on any atom is 2.00 e.